The molecule has 0 saturated carbocycles. The summed E-state index contributed by atoms with van der Waals surface area (Å²) in [5.74, 6) is 0. The summed E-state index contributed by atoms with van der Waals surface area (Å²) in [6.07, 6.45) is 0.427. The van der Waals surface area contributed by atoms with Crippen LogP contribution >= 0.6 is 0 Å². The molecule has 0 saturated heterocycles. The largest absolute Gasteiger partial charge is 0.455 e. The van der Waals surface area contributed by atoms with Crippen molar-refractivity contribution in [3.63, 3.8) is 0 Å². The topological polar surface area (TPSA) is 52.6 Å². The van der Waals surface area contributed by atoms with Gasteiger partial charge in [-0.2, -0.15) is 8.42 Å². The minimum absolute atomic E-state index is 0.308. The number of hydrogen-bond donors (Lipinski definition) is 0. The number of hydrogen-bond acceptors (Lipinski definition) is 4. The van der Waals surface area contributed by atoms with E-state index in [4.69, 9.17) is 0 Å². The quantitative estimate of drug-likeness (QED) is 0.378. The molecule has 0 rings (SSSR count). The van der Waals surface area contributed by atoms with Gasteiger partial charge < -0.3 is 9.47 Å². The van der Waals surface area contributed by atoms with Gasteiger partial charge in [0, 0.05) is 6.42 Å². The fourth-order valence-electron chi connectivity index (χ4n) is 0.841. The van der Waals surface area contributed by atoms with E-state index in [1.54, 1.807) is 0 Å². The van der Waals surface area contributed by atoms with Crippen LogP contribution in [0.15, 0.2) is 12.8 Å². The van der Waals surface area contributed by atoms with Crippen LogP contribution < -0.4 is 0 Å². The summed E-state index contributed by atoms with van der Waals surface area (Å²) in [7, 11) is -5.09. The SMILES string of the molecule is C=COC(CC)(OCCF)S(=O)(=O)F. The van der Waals surface area contributed by atoms with Crippen molar-refractivity contribution < 1.29 is 26.2 Å². The molecule has 0 aliphatic carbocycles. The summed E-state index contributed by atoms with van der Waals surface area (Å²) in [4.78, 5) is 0. The van der Waals surface area contributed by atoms with Crippen molar-refractivity contribution in [1.29, 1.82) is 0 Å². The molecular weight excluding hydrogens is 218 g/mol. The number of rotatable bonds is 7. The highest BCUT2D eigenvalue weighted by Crippen LogP contribution is 2.27. The van der Waals surface area contributed by atoms with Crippen LogP contribution in [0, 0.1) is 0 Å². The summed E-state index contributed by atoms with van der Waals surface area (Å²) < 4.78 is 54.9. The van der Waals surface area contributed by atoms with Gasteiger partial charge in [0.2, 0.25) is 0 Å². The van der Waals surface area contributed by atoms with E-state index < -0.39 is 28.6 Å². The van der Waals surface area contributed by atoms with E-state index >= 15 is 0 Å². The summed E-state index contributed by atoms with van der Waals surface area (Å²) in [6.45, 7) is 2.92. The average Bonchev–Trinajstić information content (AvgIpc) is 2.10. The normalized spacial score (nSPS) is 15.9. The lowest BCUT2D eigenvalue weighted by Gasteiger charge is -2.26. The molecule has 0 aromatic rings. The lowest BCUT2D eigenvalue weighted by atomic mass is 10.4. The van der Waals surface area contributed by atoms with Crippen LogP contribution in [0.1, 0.15) is 13.3 Å². The fraction of sp³-hybridized carbons (Fsp3) is 0.714. The molecule has 0 radical (unpaired) electrons. The first kappa shape index (κ1) is 13.3. The molecule has 14 heavy (non-hydrogen) atoms. The smallest absolute Gasteiger partial charge is 0.371 e. The minimum Gasteiger partial charge on any atom is -0.455 e. The lowest BCUT2D eigenvalue weighted by Crippen LogP contribution is -2.40. The van der Waals surface area contributed by atoms with E-state index in [9.17, 15) is 16.7 Å². The lowest BCUT2D eigenvalue weighted by molar-refractivity contribution is -0.149. The maximum atomic E-state index is 12.8. The van der Waals surface area contributed by atoms with E-state index in [0.29, 0.717) is 0 Å². The van der Waals surface area contributed by atoms with E-state index in [1.807, 2.05) is 0 Å². The van der Waals surface area contributed by atoms with Crippen LogP contribution in [-0.4, -0.2) is 26.8 Å². The molecule has 0 spiro atoms. The third-order valence-corrected chi connectivity index (χ3v) is 2.71. The molecule has 0 aromatic heterocycles. The number of alkyl halides is 1. The Balaban J connectivity index is 4.88. The van der Waals surface area contributed by atoms with Crippen molar-refractivity contribution >= 4 is 10.2 Å². The van der Waals surface area contributed by atoms with Crippen molar-refractivity contribution in [2.24, 2.45) is 0 Å². The molecule has 0 aromatic carbocycles. The zero-order valence-corrected chi connectivity index (χ0v) is 8.52. The van der Waals surface area contributed by atoms with Gasteiger partial charge in [-0.3, -0.25) is 0 Å². The molecule has 1 atom stereocenters. The van der Waals surface area contributed by atoms with Gasteiger partial charge in [-0.1, -0.05) is 17.4 Å². The first-order chi connectivity index (χ1) is 6.43. The third kappa shape index (κ3) is 2.91. The van der Waals surface area contributed by atoms with Crippen LogP contribution in [0.2, 0.25) is 0 Å². The molecule has 0 bridgehead atoms. The predicted molar refractivity (Wildman–Crippen MR) is 46.3 cm³/mol. The van der Waals surface area contributed by atoms with Crippen LogP contribution in [0.5, 0.6) is 0 Å². The maximum absolute atomic E-state index is 12.8. The Kier molecular flexibility index (Phi) is 5.00. The van der Waals surface area contributed by atoms with E-state index in [-0.39, 0.29) is 6.42 Å². The average molecular weight is 230 g/mol. The zero-order valence-electron chi connectivity index (χ0n) is 7.70. The van der Waals surface area contributed by atoms with Gasteiger partial charge in [-0.25, -0.2) is 4.39 Å². The summed E-state index contributed by atoms with van der Waals surface area (Å²) >= 11 is 0. The Hall–Kier alpha value is -0.690. The zero-order chi connectivity index (χ0) is 11.2. The molecule has 0 aliphatic heterocycles. The molecule has 4 nitrogen and oxygen atoms in total. The molecule has 0 amide bonds. The van der Waals surface area contributed by atoms with Gasteiger partial charge in [0.15, 0.2) is 0 Å². The predicted octanol–water partition coefficient (Wildman–Crippen LogP) is 1.50. The van der Waals surface area contributed by atoms with Crippen molar-refractivity contribution in [3.8, 4) is 0 Å². The minimum atomic E-state index is -5.09. The Bertz CT molecular complexity index is 277. The molecular formula is C7H12F2O4S. The Morgan fingerprint density at radius 3 is 2.43 bits per heavy atom. The van der Waals surface area contributed by atoms with Gasteiger partial charge in [0.1, 0.15) is 6.67 Å². The van der Waals surface area contributed by atoms with Crippen molar-refractivity contribution in [2.75, 3.05) is 13.3 Å². The van der Waals surface area contributed by atoms with E-state index in [1.165, 1.54) is 6.92 Å². The molecule has 7 heteroatoms. The number of ether oxygens (including phenoxy) is 2. The van der Waals surface area contributed by atoms with Crippen molar-refractivity contribution in [3.05, 3.63) is 12.8 Å². The second-order valence-corrected chi connectivity index (χ2v) is 3.79. The highest BCUT2D eigenvalue weighted by atomic mass is 32.3. The van der Waals surface area contributed by atoms with Crippen LogP contribution in [0.4, 0.5) is 8.28 Å². The van der Waals surface area contributed by atoms with Gasteiger partial charge in [-0.05, 0) is 0 Å². The molecule has 0 aliphatic rings. The maximum Gasteiger partial charge on any atom is 0.371 e. The summed E-state index contributed by atoms with van der Waals surface area (Å²) in [6, 6.07) is 0. The fourth-order valence-corrected chi connectivity index (χ4v) is 1.59. The van der Waals surface area contributed by atoms with Gasteiger partial charge in [-0.15, -0.1) is 0 Å². The Labute approximate surface area is 81.7 Å². The molecule has 0 N–H and O–H groups in total. The van der Waals surface area contributed by atoms with Crippen LogP contribution in [0.3, 0.4) is 0 Å². The monoisotopic (exact) mass is 230 g/mol. The van der Waals surface area contributed by atoms with E-state index in [0.717, 1.165) is 6.26 Å². The summed E-state index contributed by atoms with van der Waals surface area (Å²) in [5.41, 5.74) is 0. The van der Waals surface area contributed by atoms with Crippen molar-refractivity contribution in [2.45, 2.75) is 18.5 Å². The molecule has 0 heterocycles. The highest BCUT2D eigenvalue weighted by molar-refractivity contribution is 7.87. The third-order valence-electron chi connectivity index (χ3n) is 1.47. The number of halogens is 2. The highest BCUT2D eigenvalue weighted by Gasteiger charge is 2.46. The van der Waals surface area contributed by atoms with Gasteiger partial charge >= 0.3 is 15.3 Å². The Morgan fingerprint density at radius 2 is 2.14 bits per heavy atom. The van der Waals surface area contributed by atoms with Crippen LogP contribution in [-0.2, 0) is 19.7 Å². The molecule has 1 unspecified atom stereocenters. The molecule has 0 fully saturated rings. The van der Waals surface area contributed by atoms with Gasteiger partial charge in [0.25, 0.3) is 0 Å². The van der Waals surface area contributed by atoms with Crippen molar-refractivity contribution in [1.82, 2.24) is 0 Å². The van der Waals surface area contributed by atoms with Crippen LogP contribution in [0.25, 0.3) is 0 Å². The second kappa shape index (κ2) is 5.26. The standard InChI is InChI=1S/C7H12F2O4S/c1-3-7(12-4-2,13-6-5-8)14(9,10)11/h4H,2-3,5-6H2,1H3. The second-order valence-electron chi connectivity index (χ2n) is 2.30. The van der Waals surface area contributed by atoms with Gasteiger partial charge in [0.05, 0.1) is 12.9 Å². The Morgan fingerprint density at radius 1 is 1.57 bits per heavy atom. The first-order valence-corrected chi connectivity index (χ1v) is 5.24. The summed E-state index contributed by atoms with van der Waals surface area (Å²) in [5, 5.41) is -2.47. The first-order valence-electron chi connectivity index (χ1n) is 3.86. The van der Waals surface area contributed by atoms with E-state index in [2.05, 4.69) is 16.1 Å². The molecule has 84 valence electrons.